The Kier molecular flexibility index (Phi) is 6.47. The van der Waals surface area contributed by atoms with Crippen molar-refractivity contribution in [3.8, 4) is 0 Å². The maximum atomic E-state index is 12.2. The summed E-state index contributed by atoms with van der Waals surface area (Å²) < 4.78 is 0. The van der Waals surface area contributed by atoms with Gasteiger partial charge in [0.2, 0.25) is 0 Å². The van der Waals surface area contributed by atoms with E-state index in [9.17, 15) is 4.79 Å². The average molecular weight is 256 g/mol. The Balaban J connectivity index is 2.47. The maximum Gasteiger partial charge on any atom is 0.317 e. The minimum atomic E-state index is 0.0429. The van der Waals surface area contributed by atoms with Gasteiger partial charge in [-0.1, -0.05) is 13.8 Å². The van der Waals surface area contributed by atoms with Crippen molar-refractivity contribution >= 4 is 6.03 Å². The van der Waals surface area contributed by atoms with Crippen molar-refractivity contribution in [2.75, 3.05) is 13.2 Å². The van der Waals surface area contributed by atoms with Crippen LogP contribution in [0.25, 0.3) is 0 Å². The molecule has 0 bridgehead atoms. The summed E-state index contributed by atoms with van der Waals surface area (Å²) in [6.45, 7) is 7.38. The van der Waals surface area contributed by atoms with Crippen molar-refractivity contribution in [1.82, 2.24) is 10.2 Å². The van der Waals surface area contributed by atoms with E-state index in [1.807, 2.05) is 4.90 Å². The first-order chi connectivity index (χ1) is 8.54. The number of urea groups is 1. The Morgan fingerprint density at radius 1 is 1.39 bits per heavy atom. The number of carbonyl (C=O) groups excluding carboxylic acids is 1. The molecule has 0 aromatic carbocycles. The molecule has 2 atom stereocenters. The number of rotatable bonds is 5. The number of hydrogen-bond acceptors (Lipinski definition) is 2. The molecule has 1 aliphatic rings. The van der Waals surface area contributed by atoms with Crippen LogP contribution in [0, 0.1) is 5.92 Å². The molecule has 4 nitrogen and oxygen atoms in total. The lowest BCUT2D eigenvalue weighted by atomic mass is 10.00. The number of nitrogens with one attached hydrogen (secondary N) is 1. The third kappa shape index (κ3) is 4.84. The van der Waals surface area contributed by atoms with E-state index in [0.717, 1.165) is 32.2 Å². The number of carbonyl (C=O) groups is 1. The second-order valence-corrected chi connectivity index (χ2v) is 5.84. The van der Waals surface area contributed by atoms with Crippen LogP contribution < -0.4 is 5.32 Å². The van der Waals surface area contributed by atoms with E-state index in [1.165, 1.54) is 0 Å². The molecule has 1 aliphatic heterocycles. The van der Waals surface area contributed by atoms with E-state index in [1.54, 1.807) is 0 Å². The van der Waals surface area contributed by atoms with E-state index in [0.29, 0.717) is 12.3 Å². The fourth-order valence-corrected chi connectivity index (χ4v) is 2.78. The molecule has 0 spiro atoms. The molecule has 18 heavy (non-hydrogen) atoms. The summed E-state index contributed by atoms with van der Waals surface area (Å²) in [6, 6.07) is 0.477. The maximum absolute atomic E-state index is 12.2. The summed E-state index contributed by atoms with van der Waals surface area (Å²) in [6.07, 6.45) is 4.96. The van der Waals surface area contributed by atoms with Gasteiger partial charge >= 0.3 is 6.03 Å². The summed E-state index contributed by atoms with van der Waals surface area (Å²) in [4.78, 5) is 14.1. The summed E-state index contributed by atoms with van der Waals surface area (Å²) in [5.41, 5.74) is 0. The third-order valence-corrected chi connectivity index (χ3v) is 3.55. The van der Waals surface area contributed by atoms with Crippen molar-refractivity contribution in [2.45, 2.75) is 65.0 Å². The van der Waals surface area contributed by atoms with Crippen LogP contribution in [0.5, 0.6) is 0 Å². The first-order valence-electron chi connectivity index (χ1n) is 7.22. The number of amides is 2. The van der Waals surface area contributed by atoms with Crippen LogP contribution in [0.2, 0.25) is 0 Å². The summed E-state index contributed by atoms with van der Waals surface area (Å²) in [7, 11) is 0. The van der Waals surface area contributed by atoms with Crippen molar-refractivity contribution in [3.63, 3.8) is 0 Å². The lowest BCUT2D eigenvalue weighted by molar-refractivity contribution is 0.129. The molecule has 1 fully saturated rings. The lowest BCUT2D eigenvalue weighted by Gasteiger charge is -2.36. The number of nitrogens with zero attached hydrogens (tertiary/aromatic N) is 1. The van der Waals surface area contributed by atoms with Crippen LogP contribution in [0.15, 0.2) is 0 Å². The van der Waals surface area contributed by atoms with Gasteiger partial charge in [0.1, 0.15) is 0 Å². The molecule has 1 heterocycles. The van der Waals surface area contributed by atoms with Gasteiger partial charge in [-0.25, -0.2) is 4.79 Å². The second-order valence-electron chi connectivity index (χ2n) is 5.84. The molecule has 0 aromatic heterocycles. The van der Waals surface area contributed by atoms with Crippen molar-refractivity contribution in [3.05, 3.63) is 0 Å². The van der Waals surface area contributed by atoms with Crippen molar-refractivity contribution in [1.29, 1.82) is 0 Å². The molecule has 106 valence electrons. The van der Waals surface area contributed by atoms with Gasteiger partial charge < -0.3 is 15.3 Å². The number of aliphatic hydroxyl groups excluding tert-OH is 1. The molecule has 4 heteroatoms. The van der Waals surface area contributed by atoms with Crippen LogP contribution in [-0.2, 0) is 0 Å². The predicted molar refractivity (Wildman–Crippen MR) is 73.5 cm³/mol. The Bertz CT molecular complexity index is 254. The van der Waals surface area contributed by atoms with Gasteiger partial charge in [0.05, 0.1) is 0 Å². The van der Waals surface area contributed by atoms with Crippen molar-refractivity contribution < 1.29 is 9.90 Å². The molecule has 0 radical (unpaired) electrons. The molecule has 2 unspecified atom stereocenters. The van der Waals surface area contributed by atoms with Crippen LogP contribution in [0.1, 0.15) is 52.9 Å². The van der Waals surface area contributed by atoms with E-state index >= 15 is 0 Å². The monoisotopic (exact) mass is 256 g/mol. The highest BCUT2D eigenvalue weighted by atomic mass is 16.3. The first-order valence-corrected chi connectivity index (χ1v) is 7.22. The minimum Gasteiger partial charge on any atom is -0.396 e. The highest BCUT2D eigenvalue weighted by Crippen LogP contribution is 2.19. The zero-order valence-corrected chi connectivity index (χ0v) is 12.0. The average Bonchev–Trinajstić information content (AvgIpc) is 2.28. The number of hydrogen-bond donors (Lipinski definition) is 2. The highest BCUT2D eigenvalue weighted by Gasteiger charge is 2.26. The fraction of sp³-hybridized carbons (Fsp3) is 0.929. The minimum absolute atomic E-state index is 0.0429. The van der Waals surface area contributed by atoms with E-state index < -0.39 is 0 Å². The zero-order valence-electron chi connectivity index (χ0n) is 12.0. The number of likely N-dealkylation sites (tertiary alicyclic amines) is 1. The molecule has 0 aromatic rings. The number of piperidine rings is 1. The quantitative estimate of drug-likeness (QED) is 0.793. The highest BCUT2D eigenvalue weighted by molar-refractivity contribution is 5.75. The van der Waals surface area contributed by atoms with E-state index in [4.69, 9.17) is 5.11 Å². The molecule has 2 amide bonds. The summed E-state index contributed by atoms with van der Waals surface area (Å²) >= 11 is 0. The largest absolute Gasteiger partial charge is 0.396 e. The van der Waals surface area contributed by atoms with Gasteiger partial charge in [-0.3, -0.25) is 0 Å². The van der Waals surface area contributed by atoms with E-state index in [2.05, 4.69) is 26.1 Å². The number of aliphatic hydroxyl groups is 1. The molecule has 2 N–H and O–H groups in total. The molecule has 1 rings (SSSR count). The Morgan fingerprint density at radius 3 is 2.72 bits per heavy atom. The molecule has 0 saturated carbocycles. The van der Waals surface area contributed by atoms with Gasteiger partial charge in [-0.2, -0.15) is 0 Å². The molecule has 0 aliphatic carbocycles. The van der Waals surface area contributed by atoms with Crippen LogP contribution >= 0.6 is 0 Å². The van der Waals surface area contributed by atoms with Gasteiger partial charge in [0, 0.05) is 25.2 Å². The Hall–Kier alpha value is -0.770. The molecule has 1 saturated heterocycles. The summed E-state index contributed by atoms with van der Waals surface area (Å²) in [5.74, 6) is 0.592. The van der Waals surface area contributed by atoms with Crippen LogP contribution in [0.4, 0.5) is 4.79 Å². The molecular formula is C14H28N2O2. The smallest absolute Gasteiger partial charge is 0.317 e. The van der Waals surface area contributed by atoms with Gasteiger partial charge in [0.25, 0.3) is 0 Å². The topological polar surface area (TPSA) is 52.6 Å². The van der Waals surface area contributed by atoms with Crippen LogP contribution in [-0.4, -0.2) is 41.3 Å². The molecular weight excluding hydrogens is 228 g/mol. The van der Waals surface area contributed by atoms with Gasteiger partial charge in [0.15, 0.2) is 0 Å². The third-order valence-electron chi connectivity index (χ3n) is 3.55. The van der Waals surface area contributed by atoms with Crippen LogP contribution in [0.3, 0.4) is 0 Å². The van der Waals surface area contributed by atoms with Gasteiger partial charge in [-0.05, 0) is 44.9 Å². The zero-order chi connectivity index (χ0) is 13.5. The SMILES string of the molecule is CC(C)CC(C)NC(=O)N1CCCCC1CCO. The van der Waals surface area contributed by atoms with Gasteiger partial charge in [-0.15, -0.1) is 0 Å². The fourth-order valence-electron chi connectivity index (χ4n) is 2.78. The summed E-state index contributed by atoms with van der Waals surface area (Å²) in [5, 5.41) is 12.1. The first kappa shape index (κ1) is 15.3. The Morgan fingerprint density at radius 2 is 2.11 bits per heavy atom. The van der Waals surface area contributed by atoms with E-state index in [-0.39, 0.29) is 24.7 Å². The lowest BCUT2D eigenvalue weighted by Crippen LogP contribution is -2.51. The Labute approximate surface area is 111 Å². The predicted octanol–water partition coefficient (Wildman–Crippen LogP) is 2.37. The van der Waals surface area contributed by atoms with Crippen molar-refractivity contribution in [2.24, 2.45) is 5.92 Å². The normalized spacial score (nSPS) is 22.1. The second kappa shape index (κ2) is 7.62. The standard InChI is InChI=1S/C14H28N2O2/c1-11(2)10-12(3)15-14(18)16-8-5-4-6-13(16)7-9-17/h11-13,17H,4-10H2,1-3H3,(H,15,18).